The minimum absolute atomic E-state index is 0.155. The standard InChI is InChI=1S/C9H17N3O2S/c1-9(2,7-10)8-11-15(13,14)12-5-3-4-6-12/h11H,3-6,8H2,1-2H3. The van der Waals surface area contributed by atoms with Crippen molar-refractivity contribution in [2.75, 3.05) is 19.6 Å². The van der Waals surface area contributed by atoms with E-state index in [2.05, 4.69) is 10.8 Å². The summed E-state index contributed by atoms with van der Waals surface area (Å²) in [5, 5.41) is 8.76. The van der Waals surface area contributed by atoms with E-state index >= 15 is 0 Å². The van der Waals surface area contributed by atoms with E-state index in [1.807, 2.05) is 0 Å². The quantitative estimate of drug-likeness (QED) is 0.764. The van der Waals surface area contributed by atoms with Crippen LogP contribution in [0.5, 0.6) is 0 Å². The second-order valence-corrected chi connectivity index (χ2v) is 6.18. The summed E-state index contributed by atoms with van der Waals surface area (Å²) in [7, 11) is -3.37. The molecule has 6 heteroatoms. The van der Waals surface area contributed by atoms with Gasteiger partial charge in [-0.1, -0.05) is 0 Å². The Hall–Kier alpha value is -0.640. The Bertz CT molecular complexity index is 350. The van der Waals surface area contributed by atoms with E-state index in [4.69, 9.17) is 5.26 Å². The summed E-state index contributed by atoms with van der Waals surface area (Å²) in [6.07, 6.45) is 1.84. The van der Waals surface area contributed by atoms with Crippen LogP contribution < -0.4 is 4.72 Å². The summed E-state index contributed by atoms with van der Waals surface area (Å²) < 4.78 is 27.3. The summed E-state index contributed by atoms with van der Waals surface area (Å²) in [5.74, 6) is 0. The molecule has 0 aromatic heterocycles. The molecule has 0 aromatic rings. The maximum absolute atomic E-state index is 11.7. The Balaban J connectivity index is 2.54. The second kappa shape index (κ2) is 4.47. The van der Waals surface area contributed by atoms with Crippen LogP contribution in [0.4, 0.5) is 0 Å². The molecule has 1 fully saturated rings. The Labute approximate surface area is 91.3 Å². The molecule has 0 saturated carbocycles. The summed E-state index contributed by atoms with van der Waals surface area (Å²) in [4.78, 5) is 0. The molecule has 0 bridgehead atoms. The van der Waals surface area contributed by atoms with Crippen LogP contribution in [-0.2, 0) is 10.2 Å². The van der Waals surface area contributed by atoms with Crippen LogP contribution in [0.1, 0.15) is 26.7 Å². The van der Waals surface area contributed by atoms with Gasteiger partial charge >= 0.3 is 0 Å². The van der Waals surface area contributed by atoms with Gasteiger partial charge in [-0.25, -0.2) is 4.72 Å². The van der Waals surface area contributed by atoms with Crippen molar-refractivity contribution in [3.8, 4) is 6.07 Å². The van der Waals surface area contributed by atoms with Gasteiger partial charge in [0.2, 0.25) is 0 Å². The number of nitrogens with one attached hydrogen (secondary N) is 1. The zero-order valence-corrected chi connectivity index (χ0v) is 9.97. The molecule has 1 heterocycles. The maximum atomic E-state index is 11.7. The molecule has 1 saturated heterocycles. The average Bonchev–Trinajstić information content (AvgIpc) is 2.69. The molecule has 86 valence electrons. The Morgan fingerprint density at radius 1 is 1.40 bits per heavy atom. The Kier molecular flexibility index (Phi) is 3.71. The van der Waals surface area contributed by atoms with Crippen molar-refractivity contribution < 1.29 is 8.42 Å². The van der Waals surface area contributed by atoms with Crippen LogP contribution in [0.15, 0.2) is 0 Å². The van der Waals surface area contributed by atoms with Crippen LogP contribution in [-0.4, -0.2) is 32.4 Å². The highest BCUT2D eigenvalue weighted by molar-refractivity contribution is 7.87. The third kappa shape index (κ3) is 3.45. The molecule has 0 radical (unpaired) electrons. The van der Waals surface area contributed by atoms with E-state index in [0.717, 1.165) is 12.8 Å². The minimum atomic E-state index is -3.37. The highest BCUT2D eigenvalue weighted by Gasteiger charge is 2.27. The van der Waals surface area contributed by atoms with Crippen molar-refractivity contribution in [3.05, 3.63) is 0 Å². The molecule has 0 unspecified atom stereocenters. The number of nitrogens with zero attached hydrogens (tertiary/aromatic N) is 2. The first-order chi connectivity index (χ1) is 6.87. The first-order valence-corrected chi connectivity index (χ1v) is 6.47. The Morgan fingerprint density at radius 3 is 2.40 bits per heavy atom. The molecular formula is C9H17N3O2S. The van der Waals surface area contributed by atoms with Crippen LogP contribution in [0, 0.1) is 16.7 Å². The topological polar surface area (TPSA) is 73.2 Å². The molecule has 1 aliphatic heterocycles. The Morgan fingerprint density at radius 2 is 1.93 bits per heavy atom. The van der Waals surface area contributed by atoms with Gasteiger partial charge in [0.25, 0.3) is 10.2 Å². The van der Waals surface area contributed by atoms with Gasteiger partial charge in [0.05, 0.1) is 11.5 Å². The van der Waals surface area contributed by atoms with Crippen molar-refractivity contribution in [3.63, 3.8) is 0 Å². The SMILES string of the molecule is CC(C)(C#N)CNS(=O)(=O)N1CCCC1. The minimum Gasteiger partial charge on any atom is -0.201 e. The lowest BCUT2D eigenvalue weighted by atomic mass is 9.97. The van der Waals surface area contributed by atoms with E-state index in [1.54, 1.807) is 13.8 Å². The van der Waals surface area contributed by atoms with E-state index in [1.165, 1.54) is 4.31 Å². The van der Waals surface area contributed by atoms with Crippen LogP contribution in [0.3, 0.4) is 0 Å². The molecule has 1 N–H and O–H groups in total. The van der Waals surface area contributed by atoms with E-state index < -0.39 is 15.6 Å². The van der Waals surface area contributed by atoms with Crippen molar-refractivity contribution in [2.45, 2.75) is 26.7 Å². The molecule has 5 nitrogen and oxygen atoms in total. The second-order valence-electron chi connectivity index (χ2n) is 4.43. The van der Waals surface area contributed by atoms with Crippen molar-refractivity contribution in [1.29, 1.82) is 5.26 Å². The van der Waals surface area contributed by atoms with Gasteiger partial charge < -0.3 is 0 Å². The van der Waals surface area contributed by atoms with Crippen molar-refractivity contribution >= 4 is 10.2 Å². The molecule has 0 atom stereocenters. The summed E-state index contributed by atoms with van der Waals surface area (Å²) in [6.45, 7) is 4.74. The van der Waals surface area contributed by atoms with E-state index in [0.29, 0.717) is 13.1 Å². The smallest absolute Gasteiger partial charge is 0.201 e. The van der Waals surface area contributed by atoms with Crippen molar-refractivity contribution in [1.82, 2.24) is 9.03 Å². The highest BCUT2D eigenvalue weighted by Crippen LogP contribution is 2.14. The van der Waals surface area contributed by atoms with Crippen LogP contribution in [0.25, 0.3) is 0 Å². The fourth-order valence-corrected chi connectivity index (χ4v) is 2.80. The molecular weight excluding hydrogens is 214 g/mol. The number of hydrogen-bond donors (Lipinski definition) is 1. The molecule has 0 amide bonds. The molecule has 15 heavy (non-hydrogen) atoms. The van der Waals surface area contributed by atoms with Gasteiger partial charge in [-0.2, -0.15) is 18.0 Å². The lowest BCUT2D eigenvalue weighted by Gasteiger charge is -2.20. The maximum Gasteiger partial charge on any atom is 0.279 e. The van der Waals surface area contributed by atoms with Crippen LogP contribution >= 0.6 is 0 Å². The van der Waals surface area contributed by atoms with Crippen LogP contribution in [0.2, 0.25) is 0 Å². The monoisotopic (exact) mass is 231 g/mol. The summed E-state index contributed by atoms with van der Waals surface area (Å²) in [6, 6.07) is 2.06. The van der Waals surface area contributed by atoms with Gasteiger partial charge in [-0.3, -0.25) is 0 Å². The van der Waals surface area contributed by atoms with Gasteiger partial charge in [-0.15, -0.1) is 0 Å². The van der Waals surface area contributed by atoms with E-state index in [-0.39, 0.29) is 6.54 Å². The first-order valence-electron chi connectivity index (χ1n) is 5.03. The summed E-state index contributed by atoms with van der Waals surface area (Å²) in [5.41, 5.74) is -0.660. The highest BCUT2D eigenvalue weighted by atomic mass is 32.2. The molecule has 0 spiro atoms. The van der Waals surface area contributed by atoms with Gasteiger partial charge in [0, 0.05) is 19.6 Å². The third-order valence-corrected chi connectivity index (χ3v) is 3.96. The average molecular weight is 231 g/mol. The largest absolute Gasteiger partial charge is 0.279 e. The van der Waals surface area contributed by atoms with Gasteiger partial charge in [-0.05, 0) is 26.7 Å². The normalized spacial score (nSPS) is 19.0. The van der Waals surface area contributed by atoms with Gasteiger partial charge in [0.1, 0.15) is 0 Å². The number of hydrogen-bond acceptors (Lipinski definition) is 3. The number of nitriles is 1. The van der Waals surface area contributed by atoms with Crippen molar-refractivity contribution in [2.24, 2.45) is 5.41 Å². The summed E-state index contributed by atoms with van der Waals surface area (Å²) >= 11 is 0. The molecule has 1 rings (SSSR count). The van der Waals surface area contributed by atoms with Gasteiger partial charge in [0.15, 0.2) is 0 Å². The zero-order valence-electron chi connectivity index (χ0n) is 9.15. The van der Waals surface area contributed by atoms with E-state index in [9.17, 15) is 8.42 Å². The lowest BCUT2D eigenvalue weighted by Crippen LogP contribution is -2.42. The predicted molar refractivity (Wildman–Crippen MR) is 57.1 cm³/mol. The molecule has 0 aliphatic carbocycles. The third-order valence-electron chi connectivity index (χ3n) is 2.40. The first kappa shape index (κ1) is 12.4. The number of rotatable bonds is 4. The molecule has 1 aliphatic rings. The fraction of sp³-hybridized carbons (Fsp3) is 0.889. The zero-order chi connectivity index (χ0) is 11.5. The predicted octanol–water partition coefficient (Wildman–Crippen LogP) is 0.466. The lowest BCUT2D eigenvalue weighted by molar-refractivity contribution is 0.436. The fourth-order valence-electron chi connectivity index (χ4n) is 1.33. The molecule has 0 aromatic carbocycles.